The van der Waals surface area contributed by atoms with Gasteiger partial charge in [0.1, 0.15) is 0 Å². The molecule has 1 aromatic carbocycles. The van der Waals surface area contributed by atoms with Crippen molar-refractivity contribution < 1.29 is 12.6 Å². The summed E-state index contributed by atoms with van der Waals surface area (Å²) in [5.41, 5.74) is 2.19. The van der Waals surface area contributed by atoms with E-state index in [4.69, 9.17) is 0 Å². The molecule has 78 valence electrons. The van der Waals surface area contributed by atoms with Crippen molar-refractivity contribution in [2.45, 2.75) is 13.3 Å². The van der Waals surface area contributed by atoms with Crippen LogP contribution in [0.2, 0.25) is 0 Å². The van der Waals surface area contributed by atoms with Crippen molar-refractivity contribution in [3.05, 3.63) is 35.4 Å². The molecule has 5 heteroatoms. The van der Waals surface area contributed by atoms with Gasteiger partial charge in [0.05, 0.1) is 6.61 Å². The summed E-state index contributed by atoms with van der Waals surface area (Å²) in [6.07, 6.45) is 0.538. The second kappa shape index (κ2) is 4.54. The van der Waals surface area contributed by atoms with Crippen LogP contribution >= 0.6 is 0 Å². The first-order valence-electron chi connectivity index (χ1n) is 4.20. The molecule has 0 unspecified atom stereocenters. The number of benzene rings is 1. The lowest BCUT2D eigenvalue weighted by Crippen LogP contribution is -2.17. The zero-order valence-electron chi connectivity index (χ0n) is 7.93. The minimum absolute atomic E-state index is 0.0852. The quantitative estimate of drug-likeness (QED) is 0.806. The predicted molar refractivity (Wildman–Crippen MR) is 53.9 cm³/mol. The molecule has 0 aliphatic carbocycles. The van der Waals surface area contributed by atoms with Gasteiger partial charge in [0.2, 0.25) is 0 Å². The van der Waals surface area contributed by atoms with E-state index in [1.54, 1.807) is 0 Å². The Kier molecular flexibility index (Phi) is 3.62. The molecule has 0 bridgehead atoms. The van der Waals surface area contributed by atoms with E-state index in [9.17, 15) is 8.42 Å². The van der Waals surface area contributed by atoms with Gasteiger partial charge in [-0.05, 0) is 18.9 Å². The lowest BCUT2D eigenvalue weighted by Gasteiger charge is -2.01. The second-order valence-corrected chi connectivity index (χ2v) is 4.27. The summed E-state index contributed by atoms with van der Waals surface area (Å²) in [5.74, 6) is 0. The van der Waals surface area contributed by atoms with Crippen LogP contribution in [0.1, 0.15) is 11.1 Å². The third-order valence-electron chi connectivity index (χ3n) is 1.76. The van der Waals surface area contributed by atoms with Crippen molar-refractivity contribution in [2.75, 3.05) is 6.61 Å². The van der Waals surface area contributed by atoms with Crippen LogP contribution in [0, 0.1) is 6.92 Å². The van der Waals surface area contributed by atoms with Crippen molar-refractivity contribution in [2.24, 2.45) is 5.14 Å². The van der Waals surface area contributed by atoms with E-state index in [1.165, 1.54) is 5.56 Å². The molecule has 14 heavy (non-hydrogen) atoms. The van der Waals surface area contributed by atoms with Gasteiger partial charge in [0, 0.05) is 0 Å². The van der Waals surface area contributed by atoms with E-state index in [1.807, 2.05) is 31.2 Å². The SMILES string of the molecule is Cc1ccc(CCOS(N)(=O)=O)cc1. The van der Waals surface area contributed by atoms with Crippen LogP contribution in [0.5, 0.6) is 0 Å². The van der Waals surface area contributed by atoms with Gasteiger partial charge >= 0.3 is 10.3 Å². The Balaban J connectivity index is 2.43. The van der Waals surface area contributed by atoms with E-state index in [-0.39, 0.29) is 6.61 Å². The Morgan fingerprint density at radius 2 is 1.86 bits per heavy atom. The van der Waals surface area contributed by atoms with Crippen molar-refractivity contribution in [1.82, 2.24) is 0 Å². The van der Waals surface area contributed by atoms with Crippen molar-refractivity contribution in [3.8, 4) is 0 Å². The Bertz CT molecular complexity index is 383. The standard InChI is InChI=1S/C9H13NO3S/c1-8-2-4-9(5-3-8)6-7-13-14(10,11)12/h2-5H,6-7H2,1H3,(H2,10,11,12). The topological polar surface area (TPSA) is 69.4 Å². The highest BCUT2D eigenvalue weighted by molar-refractivity contribution is 7.84. The molecule has 0 saturated carbocycles. The Hall–Kier alpha value is -0.910. The zero-order valence-corrected chi connectivity index (χ0v) is 8.75. The summed E-state index contributed by atoms with van der Waals surface area (Å²) in [6.45, 7) is 2.08. The Morgan fingerprint density at radius 1 is 1.29 bits per heavy atom. The molecule has 2 N–H and O–H groups in total. The molecule has 0 aromatic heterocycles. The fourth-order valence-electron chi connectivity index (χ4n) is 1.03. The summed E-state index contributed by atoms with van der Waals surface area (Å²) < 4.78 is 25.3. The molecule has 4 nitrogen and oxygen atoms in total. The van der Waals surface area contributed by atoms with Crippen LogP contribution in [-0.2, 0) is 20.9 Å². The third-order valence-corrected chi connectivity index (χ3v) is 2.25. The molecule has 0 heterocycles. The van der Waals surface area contributed by atoms with Crippen LogP contribution in [0.3, 0.4) is 0 Å². The average molecular weight is 215 g/mol. The fraction of sp³-hybridized carbons (Fsp3) is 0.333. The van der Waals surface area contributed by atoms with Gasteiger partial charge in [0.25, 0.3) is 0 Å². The molecule has 0 atom stereocenters. The number of hydrogen-bond acceptors (Lipinski definition) is 3. The molecule has 0 radical (unpaired) electrons. The first-order chi connectivity index (χ1) is 6.47. The Labute approximate surface area is 83.9 Å². The summed E-state index contributed by atoms with van der Waals surface area (Å²) in [7, 11) is -3.80. The van der Waals surface area contributed by atoms with Gasteiger partial charge in [-0.3, -0.25) is 4.18 Å². The van der Waals surface area contributed by atoms with Crippen LogP contribution in [0.25, 0.3) is 0 Å². The normalized spacial score (nSPS) is 11.6. The maximum atomic E-state index is 10.4. The predicted octanol–water partition coefficient (Wildman–Crippen LogP) is 0.758. The highest BCUT2D eigenvalue weighted by atomic mass is 32.2. The lowest BCUT2D eigenvalue weighted by atomic mass is 10.1. The van der Waals surface area contributed by atoms with Crippen molar-refractivity contribution in [1.29, 1.82) is 0 Å². The highest BCUT2D eigenvalue weighted by Gasteiger charge is 2.01. The molecule has 0 amide bonds. The van der Waals surface area contributed by atoms with E-state index < -0.39 is 10.3 Å². The van der Waals surface area contributed by atoms with E-state index >= 15 is 0 Å². The molecular formula is C9H13NO3S. The largest absolute Gasteiger partial charge is 0.333 e. The first kappa shape index (κ1) is 11.2. The molecule has 1 aromatic rings. The van der Waals surface area contributed by atoms with E-state index in [0.29, 0.717) is 6.42 Å². The van der Waals surface area contributed by atoms with Crippen LogP contribution in [0.4, 0.5) is 0 Å². The van der Waals surface area contributed by atoms with Gasteiger partial charge in [0.15, 0.2) is 0 Å². The number of hydrogen-bond donors (Lipinski definition) is 1. The van der Waals surface area contributed by atoms with Crippen LogP contribution < -0.4 is 5.14 Å². The third kappa shape index (κ3) is 4.36. The minimum Gasteiger partial charge on any atom is -0.258 e. The van der Waals surface area contributed by atoms with Gasteiger partial charge in [-0.1, -0.05) is 29.8 Å². The molecule has 0 aliphatic heterocycles. The van der Waals surface area contributed by atoms with Crippen molar-refractivity contribution in [3.63, 3.8) is 0 Å². The van der Waals surface area contributed by atoms with Gasteiger partial charge in [-0.15, -0.1) is 0 Å². The minimum atomic E-state index is -3.80. The summed E-state index contributed by atoms with van der Waals surface area (Å²) in [5, 5.41) is 4.67. The van der Waals surface area contributed by atoms with E-state index in [0.717, 1.165) is 5.56 Å². The van der Waals surface area contributed by atoms with Crippen LogP contribution in [0.15, 0.2) is 24.3 Å². The molecule has 0 fully saturated rings. The van der Waals surface area contributed by atoms with Gasteiger partial charge in [-0.2, -0.15) is 8.42 Å². The smallest absolute Gasteiger partial charge is 0.258 e. The second-order valence-electron chi connectivity index (χ2n) is 3.05. The molecular weight excluding hydrogens is 202 g/mol. The highest BCUT2D eigenvalue weighted by Crippen LogP contribution is 2.04. The fourth-order valence-corrected chi connectivity index (χ4v) is 1.35. The molecule has 0 saturated heterocycles. The average Bonchev–Trinajstić information content (AvgIpc) is 2.06. The first-order valence-corrected chi connectivity index (χ1v) is 5.67. The summed E-state index contributed by atoms with van der Waals surface area (Å²) in [6, 6.07) is 7.79. The zero-order chi connectivity index (χ0) is 10.6. The Morgan fingerprint density at radius 3 is 2.36 bits per heavy atom. The molecule has 0 spiro atoms. The summed E-state index contributed by atoms with van der Waals surface area (Å²) in [4.78, 5) is 0. The molecule has 0 aliphatic rings. The lowest BCUT2D eigenvalue weighted by molar-refractivity contribution is 0.323. The van der Waals surface area contributed by atoms with Crippen molar-refractivity contribution >= 4 is 10.3 Å². The van der Waals surface area contributed by atoms with Gasteiger partial charge < -0.3 is 0 Å². The number of rotatable bonds is 4. The maximum Gasteiger partial charge on any atom is 0.333 e. The van der Waals surface area contributed by atoms with Gasteiger partial charge in [-0.25, -0.2) is 5.14 Å². The van der Waals surface area contributed by atoms with Crippen LogP contribution in [-0.4, -0.2) is 15.0 Å². The van der Waals surface area contributed by atoms with E-state index in [2.05, 4.69) is 9.32 Å². The maximum absolute atomic E-state index is 10.4. The monoisotopic (exact) mass is 215 g/mol. The molecule has 1 rings (SSSR count). The summed E-state index contributed by atoms with van der Waals surface area (Å²) >= 11 is 0. The number of aryl methyl sites for hydroxylation is 1. The number of nitrogens with two attached hydrogens (primary N) is 1.